The molecule has 1 aromatic carbocycles. The van der Waals surface area contributed by atoms with Gasteiger partial charge in [-0.1, -0.05) is 18.5 Å². The number of halogens is 2. The molecule has 2 unspecified atom stereocenters. The molecule has 1 aliphatic carbocycles. The van der Waals surface area contributed by atoms with Gasteiger partial charge in [0.1, 0.15) is 0 Å². The standard InChI is InChI=1S/C13H18BrClN2/c1-9-4-5-13(7-9,8-16)17-10-2-3-12(15)11(14)6-10/h2-3,6,9,17H,4-5,7-8,16H2,1H3. The van der Waals surface area contributed by atoms with Crippen molar-refractivity contribution in [2.45, 2.75) is 31.7 Å². The summed E-state index contributed by atoms with van der Waals surface area (Å²) in [6.45, 7) is 2.97. The summed E-state index contributed by atoms with van der Waals surface area (Å²) in [5, 5.41) is 4.32. The molecule has 1 aliphatic rings. The van der Waals surface area contributed by atoms with E-state index in [2.05, 4.69) is 28.2 Å². The van der Waals surface area contributed by atoms with Gasteiger partial charge in [-0.15, -0.1) is 0 Å². The van der Waals surface area contributed by atoms with Crippen molar-refractivity contribution in [2.75, 3.05) is 11.9 Å². The van der Waals surface area contributed by atoms with Crippen LogP contribution in [0.2, 0.25) is 5.02 Å². The zero-order valence-electron chi connectivity index (χ0n) is 9.97. The molecule has 0 aliphatic heterocycles. The van der Waals surface area contributed by atoms with E-state index >= 15 is 0 Å². The van der Waals surface area contributed by atoms with Crippen LogP contribution in [0.25, 0.3) is 0 Å². The van der Waals surface area contributed by atoms with Crippen molar-refractivity contribution in [1.29, 1.82) is 0 Å². The number of nitrogens with one attached hydrogen (secondary N) is 1. The molecular weight excluding hydrogens is 300 g/mol. The van der Waals surface area contributed by atoms with Gasteiger partial charge in [0.05, 0.1) is 5.02 Å². The monoisotopic (exact) mass is 316 g/mol. The average Bonchev–Trinajstić information content (AvgIpc) is 2.66. The fourth-order valence-electron chi connectivity index (χ4n) is 2.62. The summed E-state index contributed by atoms with van der Waals surface area (Å²) < 4.78 is 0.919. The van der Waals surface area contributed by atoms with Crippen LogP contribution in [0.15, 0.2) is 22.7 Å². The van der Waals surface area contributed by atoms with Crippen molar-refractivity contribution < 1.29 is 0 Å². The summed E-state index contributed by atoms with van der Waals surface area (Å²) >= 11 is 9.43. The molecule has 94 valence electrons. The van der Waals surface area contributed by atoms with E-state index in [4.69, 9.17) is 17.3 Å². The van der Waals surface area contributed by atoms with E-state index in [1.807, 2.05) is 18.2 Å². The Labute approximate surface area is 116 Å². The van der Waals surface area contributed by atoms with Crippen LogP contribution in [0.1, 0.15) is 26.2 Å². The minimum Gasteiger partial charge on any atom is -0.378 e. The number of anilines is 1. The maximum atomic E-state index is 5.99. The third-order valence-corrected chi connectivity index (χ3v) is 4.79. The maximum absolute atomic E-state index is 5.99. The van der Waals surface area contributed by atoms with Gasteiger partial charge < -0.3 is 11.1 Å². The first-order valence-electron chi connectivity index (χ1n) is 5.98. The lowest BCUT2D eigenvalue weighted by Crippen LogP contribution is -2.43. The van der Waals surface area contributed by atoms with Crippen LogP contribution in [0, 0.1) is 5.92 Å². The van der Waals surface area contributed by atoms with Gasteiger partial charge in [-0.05, 0) is 59.3 Å². The van der Waals surface area contributed by atoms with Crippen molar-refractivity contribution in [3.63, 3.8) is 0 Å². The normalized spacial score (nSPS) is 28.4. The molecule has 0 aromatic heterocycles. The second-order valence-electron chi connectivity index (χ2n) is 5.09. The summed E-state index contributed by atoms with van der Waals surface area (Å²) in [6.07, 6.45) is 3.54. The maximum Gasteiger partial charge on any atom is 0.0549 e. The smallest absolute Gasteiger partial charge is 0.0549 e. The van der Waals surface area contributed by atoms with Crippen molar-refractivity contribution in [3.8, 4) is 0 Å². The molecule has 0 saturated heterocycles. The van der Waals surface area contributed by atoms with Gasteiger partial charge >= 0.3 is 0 Å². The van der Waals surface area contributed by atoms with Gasteiger partial charge in [0, 0.05) is 22.2 Å². The molecule has 4 heteroatoms. The zero-order valence-corrected chi connectivity index (χ0v) is 12.3. The van der Waals surface area contributed by atoms with E-state index in [0.29, 0.717) is 6.54 Å². The first kappa shape index (κ1) is 13.2. The average molecular weight is 318 g/mol. The first-order chi connectivity index (χ1) is 8.04. The van der Waals surface area contributed by atoms with E-state index in [9.17, 15) is 0 Å². The zero-order chi connectivity index (χ0) is 12.5. The Morgan fingerprint density at radius 3 is 2.88 bits per heavy atom. The summed E-state index contributed by atoms with van der Waals surface area (Å²) in [5.74, 6) is 0.752. The molecular formula is C13H18BrClN2. The lowest BCUT2D eigenvalue weighted by Gasteiger charge is -2.30. The quantitative estimate of drug-likeness (QED) is 0.883. The lowest BCUT2D eigenvalue weighted by molar-refractivity contribution is 0.470. The van der Waals surface area contributed by atoms with Crippen LogP contribution in [-0.4, -0.2) is 12.1 Å². The summed E-state index contributed by atoms with van der Waals surface area (Å²) in [7, 11) is 0. The number of hydrogen-bond acceptors (Lipinski definition) is 2. The van der Waals surface area contributed by atoms with Gasteiger partial charge in [0.15, 0.2) is 0 Å². The first-order valence-corrected chi connectivity index (χ1v) is 7.15. The Balaban J connectivity index is 2.16. The highest BCUT2D eigenvalue weighted by molar-refractivity contribution is 9.10. The van der Waals surface area contributed by atoms with Crippen LogP contribution in [-0.2, 0) is 0 Å². The van der Waals surface area contributed by atoms with Crippen molar-refractivity contribution in [2.24, 2.45) is 11.7 Å². The molecule has 2 nitrogen and oxygen atoms in total. The minimum absolute atomic E-state index is 0.0622. The summed E-state index contributed by atoms with van der Waals surface area (Å²) in [4.78, 5) is 0. The van der Waals surface area contributed by atoms with Crippen LogP contribution < -0.4 is 11.1 Å². The lowest BCUT2D eigenvalue weighted by atomic mass is 9.96. The van der Waals surface area contributed by atoms with Crippen LogP contribution >= 0.6 is 27.5 Å². The molecule has 1 aromatic rings. The highest BCUT2D eigenvalue weighted by Crippen LogP contribution is 2.37. The molecule has 0 heterocycles. The van der Waals surface area contributed by atoms with Crippen LogP contribution in [0.5, 0.6) is 0 Å². The van der Waals surface area contributed by atoms with Crippen molar-refractivity contribution in [1.82, 2.24) is 0 Å². The molecule has 0 bridgehead atoms. The second kappa shape index (κ2) is 5.17. The van der Waals surface area contributed by atoms with Gasteiger partial charge in [0.2, 0.25) is 0 Å². The fraction of sp³-hybridized carbons (Fsp3) is 0.538. The summed E-state index contributed by atoms with van der Waals surface area (Å²) in [6, 6.07) is 5.92. The third-order valence-electron chi connectivity index (χ3n) is 3.57. The van der Waals surface area contributed by atoms with E-state index in [1.54, 1.807) is 0 Å². The Bertz CT molecular complexity index is 410. The Morgan fingerprint density at radius 1 is 1.59 bits per heavy atom. The van der Waals surface area contributed by atoms with Gasteiger partial charge in [-0.2, -0.15) is 0 Å². The third kappa shape index (κ3) is 2.95. The number of benzene rings is 1. The highest BCUT2D eigenvalue weighted by Gasteiger charge is 2.36. The van der Waals surface area contributed by atoms with E-state index in [0.717, 1.165) is 33.9 Å². The molecule has 0 spiro atoms. The molecule has 1 saturated carbocycles. The number of nitrogens with two attached hydrogens (primary N) is 1. The largest absolute Gasteiger partial charge is 0.378 e. The Morgan fingerprint density at radius 2 is 2.35 bits per heavy atom. The van der Waals surface area contributed by atoms with E-state index in [-0.39, 0.29) is 5.54 Å². The predicted molar refractivity (Wildman–Crippen MR) is 77.6 cm³/mol. The van der Waals surface area contributed by atoms with E-state index < -0.39 is 0 Å². The topological polar surface area (TPSA) is 38.0 Å². The SMILES string of the molecule is CC1CCC(CN)(Nc2ccc(Cl)c(Br)c2)C1. The molecule has 2 atom stereocenters. The molecule has 1 fully saturated rings. The Kier molecular flexibility index (Phi) is 4.01. The minimum atomic E-state index is 0.0622. The van der Waals surface area contributed by atoms with Crippen LogP contribution in [0.3, 0.4) is 0 Å². The van der Waals surface area contributed by atoms with Crippen molar-refractivity contribution in [3.05, 3.63) is 27.7 Å². The number of rotatable bonds is 3. The van der Waals surface area contributed by atoms with Crippen LogP contribution in [0.4, 0.5) is 5.69 Å². The molecule has 0 radical (unpaired) electrons. The molecule has 17 heavy (non-hydrogen) atoms. The Hall–Kier alpha value is -0.250. The molecule has 0 amide bonds. The molecule has 2 rings (SSSR count). The fourth-order valence-corrected chi connectivity index (χ4v) is 3.12. The van der Waals surface area contributed by atoms with E-state index in [1.165, 1.54) is 6.42 Å². The molecule has 3 N–H and O–H groups in total. The predicted octanol–water partition coefficient (Wildman–Crippen LogP) is 4.03. The second-order valence-corrected chi connectivity index (χ2v) is 6.35. The van der Waals surface area contributed by atoms with Gasteiger partial charge in [-0.3, -0.25) is 0 Å². The number of hydrogen-bond donors (Lipinski definition) is 2. The summed E-state index contributed by atoms with van der Waals surface area (Å²) in [5.41, 5.74) is 7.09. The van der Waals surface area contributed by atoms with Gasteiger partial charge in [-0.25, -0.2) is 0 Å². The van der Waals surface area contributed by atoms with Crippen molar-refractivity contribution >= 4 is 33.2 Å². The highest BCUT2D eigenvalue weighted by atomic mass is 79.9. The van der Waals surface area contributed by atoms with Gasteiger partial charge in [0.25, 0.3) is 0 Å².